The number of thiocarbonyl (C=S) groups is 1. The summed E-state index contributed by atoms with van der Waals surface area (Å²) in [5.74, 6) is 0.844. The minimum absolute atomic E-state index is 0.0692. The number of carbonyl (C=O) groups excluding carboxylic acids is 1. The van der Waals surface area contributed by atoms with E-state index in [0.717, 1.165) is 35.0 Å². The zero-order valence-corrected chi connectivity index (χ0v) is 16.0. The molecule has 0 spiro atoms. The summed E-state index contributed by atoms with van der Waals surface area (Å²) in [4.78, 5) is 17.2. The number of benzene rings is 1. The molecule has 1 aromatic rings. The number of amides is 1. The summed E-state index contributed by atoms with van der Waals surface area (Å²) in [6.45, 7) is 0.770. The lowest BCUT2D eigenvalue weighted by molar-refractivity contribution is -0.122. The van der Waals surface area contributed by atoms with Gasteiger partial charge in [-0.25, -0.2) is 0 Å². The highest BCUT2D eigenvalue weighted by atomic mass is 32.2. The Bertz CT molecular complexity index is 646. The molecule has 1 amide bonds. The Kier molecular flexibility index (Phi) is 5.61. The van der Waals surface area contributed by atoms with Crippen LogP contribution in [0, 0.1) is 5.92 Å². The van der Waals surface area contributed by atoms with Crippen LogP contribution in [0.1, 0.15) is 37.7 Å². The van der Waals surface area contributed by atoms with Crippen molar-refractivity contribution in [2.75, 3.05) is 25.5 Å². The molecule has 0 radical (unpaired) electrons. The summed E-state index contributed by atoms with van der Waals surface area (Å²) in [6, 6.07) is 8.21. The number of rotatable bonds is 5. The van der Waals surface area contributed by atoms with E-state index in [-0.39, 0.29) is 5.91 Å². The van der Waals surface area contributed by atoms with Crippen LogP contribution in [0.25, 0.3) is 6.08 Å². The minimum Gasteiger partial charge on any atom is -0.378 e. The van der Waals surface area contributed by atoms with Crippen LogP contribution in [0.2, 0.25) is 0 Å². The SMILES string of the molecule is CN(C)c1ccc(/C=C2/SC(=S)N(CCC3CCCC3)C2=O)cc1. The van der Waals surface area contributed by atoms with E-state index in [1.54, 1.807) is 4.90 Å². The topological polar surface area (TPSA) is 23.6 Å². The number of thioether (sulfide) groups is 1. The van der Waals surface area contributed by atoms with Gasteiger partial charge in [0.05, 0.1) is 4.91 Å². The van der Waals surface area contributed by atoms with E-state index in [1.165, 1.54) is 37.4 Å². The second-order valence-corrected chi connectivity index (χ2v) is 8.43. The average Bonchev–Trinajstić information content (AvgIpc) is 3.16. The van der Waals surface area contributed by atoms with Crippen LogP contribution in [0.4, 0.5) is 5.69 Å². The lowest BCUT2D eigenvalue weighted by Crippen LogP contribution is -2.30. The maximum Gasteiger partial charge on any atom is 0.266 e. The molecular weight excluding hydrogens is 336 g/mol. The van der Waals surface area contributed by atoms with Crippen molar-refractivity contribution in [3.05, 3.63) is 34.7 Å². The van der Waals surface area contributed by atoms with Gasteiger partial charge in [0.25, 0.3) is 5.91 Å². The lowest BCUT2D eigenvalue weighted by atomic mass is 10.0. The first kappa shape index (κ1) is 17.5. The van der Waals surface area contributed by atoms with Crippen molar-refractivity contribution in [2.24, 2.45) is 5.92 Å². The number of nitrogens with zero attached hydrogens (tertiary/aromatic N) is 2. The van der Waals surface area contributed by atoms with Crippen molar-refractivity contribution in [3.63, 3.8) is 0 Å². The van der Waals surface area contributed by atoms with Crippen molar-refractivity contribution in [1.29, 1.82) is 0 Å². The molecule has 0 unspecified atom stereocenters. The molecule has 2 aliphatic rings. The second kappa shape index (κ2) is 7.70. The van der Waals surface area contributed by atoms with Crippen molar-refractivity contribution in [1.82, 2.24) is 4.90 Å². The lowest BCUT2D eigenvalue weighted by Gasteiger charge is -2.17. The van der Waals surface area contributed by atoms with E-state index in [1.807, 2.05) is 32.3 Å². The Morgan fingerprint density at radius 3 is 2.54 bits per heavy atom. The molecule has 1 saturated heterocycles. The fraction of sp³-hybridized carbons (Fsp3) is 0.474. The van der Waals surface area contributed by atoms with Crippen LogP contribution < -0.4 is 4.90 Å². The Balaban J connectivity index is 1.65. The molecule has 2 fully saturated rings. The van der Waals surface area contributed by atoms with Gasteiger partial charge < -0.3 is 4.90 Å². The van der Waals surface area contributed by atoms with Crippen LogP contribution in [0.15, 0.2) is 29.2 Å². The van der Waals surface area contributed by atoms with E-state index in [9.17, 15) is 4.79 Å². The van der Waals surface area contributed by atoms with Gasteiger partial charge in [-0.05, 0) is 36.1 Å². The normalized spacial score (nSPS) is 20.4. The van der Waals surface area contributed by atoms with Crippen LogP contribution in [-0.2, 0) is 4.79 Å². The molecule has 3 nitrogen and oxygen atoms in total. The van der Waals surface area contributed by atoms with E-state index in [4.69, 9.17) is 12.2 Å². The Morgan fingerprint density at radius 1 is 1.25 bits per heavy atom. The summed E-state index contributed by atoms with van der Waals surface area (Å²) in [5, 5.41) is 0. The van der Waals surface area contributed by atoms with Crippen molar-refractivity contribution >= 4 is 46.0 Å². The smallest absolute Gasteiger partial charge is 0.266 e. The average molecular weight is 361 g/mol. The van der Waals surface area contributed by atoms with Gasteiger partial charge in [0.2, 0.25) is 0 Å². The van der Waals surface area contributed by atoms with Crippen molar-refractivity contribution in [2.45, 2.75) is 32.1 Å². The third-order valence-electron chi connectivity index (χ3n) is 4.82. The van der Waals surface area contributed by atoms with Crippen LogP contribution in [-0.4, -0.2) is 35.8 Å². The van der Waals surface area contributed by atoms with Gasteiger partial charge in [-0.2, -0.15) is 0 Å². The summed E-state index contributed by atoms with van der Waals surface area (Å²) in [7, 11) is 4.04. The predicted octanol–water partition coefficient (Wildman–Crippen LogP) is 4.53. The molecular formula is C19H24N2OS2. The van der Waals surface area contributed by atoms with Crippen LogP contribution in [0.3, 0.4) is 0 Å². The van der Waals surface area contributed by atoms with Gasteiger partial charge in [0.15, 0.2) is 0 Å². The van der Waals surface area contributed by atoms with E-state index < -0.39 is 0 Å². The zero-order valence-electron chi connectivity index (χ0n) is 14.3. The summed E-state index contributed by atoms with van der Waals surface area (Å²) >= 11 is 6.85. The molecule has 5 heteroatoms. The summed E-state index contributed by atoms with van der Waals surface area (Å²) in [6.07, 6.45) is 8.33. The maximum absolute atomic E-state index is 12.6. The highest BCUT2D eigenvalue weighted by Crippen LogP contribution is 2.34. The standard InChI is InChI=1S/C19H24N2OS2/c1-20(2)16-9-7-15(8-10-16)13-17-18(22)21(19(23)24-17)12-11-14-5-3-4-6-14/h7-10,13-14H,3-6,11-12H2,1-2H3/b17-13+. The van der Waals surface area contributed by atoms with Gasteiger partial charge in [0, 0.05) is 26.3 Å². The van der Waals surface area contributed by atoms with Crippen LogP contribution >= 0.6 is 24.0 Å². The first-order valence-corrected chi connectivity index (χ1v) is 9.80. The van der Waals surface area contributed by atoms with Gasteiger partial charge in [-0.15, -0.1) is 0 Å². The van der Waals surface area contributed by atoms with Gasteiger partial charge in [-0.1, -0.05) is 61.8 Å². The molecule has 0 atom stereocenters. The second-order valence-electron chi connectivity index (χ2n) is 6.76. The molecule has 0 aromatic heterocycles. The molecule has 0 N–H and O–H groups in total. The summed E-state index contributed by atoms with van der Waals surface area (Å²) < 4.78 is 0.703. The first-order chi connectivity index (χ1) is 11.5. The Hall–Kier alpha value is -1.33. The van der Waals surface area contributed by atoms with Gasteiger partial charge in [0.1, 0.15) is 4.32 Å². The summed E-state index contributed by atoms with van der Waals surface area (Å²) in [5.41, 5.74) is 2.19. The zero-order chi connectivity index (χ0) is 17.1. The number of hydrogen-bond acceptors (Lipinski definition) is 4. The quantitative estimate of drug-likeness (QED) is 0.568. The number of anilines is 1. The fourth-order valence-corrected chi connectivity index (χ4v) is 4.63. The molecule has 1 heterocycles. The highest BCUT2D eigenvalue weighted by Gasteiger charge is 2.32. The first-order valence-electron chi connectivity index (χ1n) is 8.57. The van der Waals surface area contributed by atoms with E-state index >= 15 is 0 Å². The Morgan fingerprint density at radius 2 is 1.92 bits per heavy atom. The molecule has 24 heavy (non-hydrogen) atoms. The molecule has 1 aromatic carbocycles. The van der Waals surface area contributed by atoms with Gasteiger partial charge >= 0.3 is 0 Å². The van der Waals surface area contributed by atoms with E-state index in [2.05, 4.69) is 17.0 Å². The van der Waals surface area contributed by atoms with E-state index in [0.29, 0.717) is 4.32 Å². The van der Waals surface area contributed by atoms with Crippen LogP contribution in [0.5, 0.6) is 0 Å². The largest absolute Gasteiger partial charge is 0.378 e. The highest BCUT2D eigenvalue weighted by molar-refractivity contribution is 8.26. The van der Waals surface area contributed by atoms with Gasteiger partial charge in [-0.3, -0.25) is 9.69 Å². The Labute approximate surface area is 154 Å². The maximum atomic E-state index is 12.6. The molecule has 0 bridgehead atoms. The molecule has 128 valence electrons. The fourth-order valence-electron chi connectivity index (χ4n) is 3.32. The molecule has 3 rings (SSSR count). The third-order valence-corrected chi connectivity index (χ3v) is 6.19. The molecule has 1 aliphatic carbocycles. The third kappa shape index (κ3) is 4.01. The number of carbonyl (C=O) groups is 1. The number of hydrogen-bond donors (Lipinski definition) is 0. The predicted molar refractivity (Wildman–Crippen MR) is 107 cm³/mol. The van der Waals surface area contributed by atoms with Crippen molar-refractivity contribution in [3.8, 4) is 0 Å². The monoisotopic (exact) mass is 360 g/mol. The molecule has 1 aliphatic heterocycles. The molecule has 1 saturated carbocycles. The minimum atomic E-state index is 0.0692. The van der Waals surface area contributed by atoms with Crippen molar-refractivity contribution < 1.29 is 4.79 Å².